The maximum atomic E-state index is 12.7. The molecule has 0 atom stereocenters. The van der Waals surface area contributed by atoms with Crippen LogP contribution in [0.1, 0.15) is 18.4 Å². The highest BCUT2D eigenvalue weighted by atomic mass is 35.5. The molecule has 0 radical (unpaired) electrons. The van der Waals surface area contributed by atoms with E-state index in [-0.39, 0.29) is 12.5 Å². The highest BCUT2D eigenvalue weighted by molar-refractivity contribution is 7.92. The van der Waals surface area contributed by atoms with Crippen LogP contribution in [-0.4, -0.2) is 58.2 Å². The van der Waals surface area contributed by atoms with E-state index in [4.69, 9.17) is 23.2 Å². The van der Waals surface area contributed by atoms with Gasteiger partial charge < -0.3 is 9.80 Å². The Bertz CT molecular complexity index is 1040. The fourth-order valence-corrected chi connectivity index (χ4v) is 5.10. The van der Waals surface area contributed by atoms with Crippen LogP contribution < -0.4 is 9.21 Å². The van der Waals surface area contributed by atoms with E-state index in [1.807, 2.05) is 36.1 Å². The zero-order chi connectivity index (χ0) is 22.6. The second-order valence-corrected chi connectivity index (χ2v) is 10.5. The Hall–Kier alpha value is -1.96. The number of hydrogen-bond acceptors (Lipinski definition) is 4. The highest BCUT2D eigenvalue weighted by Crippen LogP contribution is 2.27. The van der Waals surface area contributed by atoms with E-state index in [1.165, 1.54) is 10.6 Å². The van der Waals surface area contributed by atoms with Crippen LogP contribution in [0.2, 0.25) is 10.0 Å². The number of carbonyl (C=O) groups is 1. The van der Waals surface area contributed by atoms with Crippen LogP contribution in [0, 0.1) is 6.92 Å². The molecule has 3 rings (SSSR count). The Labute approximate surface area is 194 Å². The topological polar surface area (TPSA) is 60.9 Å². The van der Waals surface area contributed by atoms with Gasteiger partial charge >= 0.3 is 0 Å². The van der Waals surface area contributed by atoms with Gasteiger partial charge in [0.05, 0.1) is 11.9 Å². The van der Waals surface area contributed by atoms with Gasteiger partial charge in [-0.3, -0.25) is 9.10 Å². The second-order valence-electron chi connectivity index (χ2n) is 7.72. The van der Waals surface area contributed by atoms with E-state index in [2.05, 4.69) is 4.90 Å². The molecule has 2 aromatic carbocycles. The number of aryl methyl sites for hydroxylation is 1. The predicted octanol–water partition coefficient (Wildman–Crippen LogP) is 4.20. The lowest BCUT2D eigenvalue weighted by Crippen LogP contribution is -2.48. The van der Waals surface area contributed by atoms with Crippen molar-refractivity contribution >= 4 is 50.5 Å². The molecule has 0 N–H and O–H groups in total. The largest absolute Gasteiger partial charge is 0.368 e. The van der Waals surface area contributed by atoms with E-state index in [9.17, 15) is 13.2 Å². The average molecular weight is 484 g/mol. The molecule has 0 spiro atoms. The van der Waals surface area contributed by atoms with Crippen molar-refractivity contribution in [3.8, 4) is 0 Å². The van der Waals surface area contributed by atoms with Crippen molar-refractivity contribution in [2.45, 2.75) is 19.8 Å². The van der Waals surface area contributed by atoms with Crippen molar-refractivity contribution in [1.29, 1.82) is 0 Å². The molecule has 1 heterocycles. The number of hydrogen-bond donors (Lipinski definition) is 0. The quantitative estimate of drug-likeness (QED) is 0.591. The zero-order valence-electron chi connectivity index (χ0n) is 17.7. The summed E-state index contributed by atoms with van der Waals surface area (Å²) < 4.78 is 26.0. The number of nitrogens with zero attached hydrogens (tertiary/aromatic N) is 3. The van der Waals surface area contributed by atoms with Gasteiger partial charge in [0, 0.05) is 54.9 Å². The van der Waals surface area contributed by atoms with Crippen LogP contribution in [0.3, 0.4) is 0 Å². The minimum atomic E-state index is -3.49. The Kier molecular flexibility index (Phi) is 7.73. The lowest BCUT2D eigenvalue weighted by atomic mass is 10.2. The summed E-state index contributed by atoms with van der Waals surface area (Å²) in [6.45, 7) is 4.82. The molecule has 0 saturated carbocycles. The SMILES string of the molecule is Cc1ccc(Cl)cc1N(CCCC(=O)N1CCN(c2cccc(Cl)c2)CC1)S(C)(=O)=O. The fourth-order valence-electron chi connectivity index (χ4n) is 3.74. The summed E-state index contributed by atoms with van der Waals surface area (Å²) >= 11 is 12.1. The van der Waals surface area contributed by atoms with Crippen LogP contribution in [-0.2, 0) is 14.8 Å². The minimum Gasteiger partial charge on any atom is -0.368 e. The smallest absolute Gasteiger partial charge is 0.232 e. The maximum Gasteiger partial charge on any atom is 0.232 e. The molecule has 1 aliphatic rings. The van der Waals surface area contributed by atoms with Crippen molar-refractivity contribution in [3.63, 3.8) is 0 Å². The van der Waals surface area contributed by atoms with Crippen LogP contribution in [0.25, 0.3) is 0 Å². The molecular formula is C22H27Cl2N3O3S. The Morgan fingerprint density at radius 1 is 1.03 bits per heavy atom. The Morgan fingerprint density at radius 2 is 1.71 bits per heavy atom. The van der Waals surface area contributed by atoms with Crippen molar-refractivity contribution in [2.75, 3.05) is 48.2 Å². The third-order valence-corrected chi connectivity index (χ3v) is 7.05. The second kappa shape index (κ2) is 10.1. The minimum absolute atomic E-state index is 0.0435. The van der Waals surface area contributed by atoms with Crippen molar-refractivity contribution in [1.82, 2.24) is 4.90 Å². The van der Waals surface area contributed by atoms with Crippen molar-refractivity contribution in [3.05, 3.63) is 58.1 Å². The normalized spacial score (nSPS) is 14.6. The van der Waals surface area contributed by atoms with Crippen LogP contribution in [0.15, 0.2) is 42.5 Å². The summed E-state index contributed by atoms with van der Waals surface area (Å²) in [5.74, 6) is 0.0435. The number of sulfonamides is 1. The number of benzene rings is 2. The van der Waals surface area contributed by atoms with Crippen LogP contribution in [0.5, 0.6) is 0 Å². The van der Waals surface area contributed by atoms with E-state index in [0.29, 0.717) is 41.7 Å². The lowest BCUT2D eigenvalue weighted by Gasteiger charge is -2.36. The van der Waals surface area contributed by atoms with E-state index in [1.54, 1.807) is 18.2 Å². The fraction of sp³-hybridized carbons (Fsp3) is 0.409. The maximum absolute atomic E-state index is 12.7. The van der Waals surface area contributed by atoms with Gasteiger partial charge in [0.2, 0.25) is 15.9 Å². The van der Waals surface area contributed by atoms with Gasteiger partial charge in [0.25, 0.3) is 0 Å². The van der Waals surface area contributed by atoms with E-state index < -0.39 is 10.0 Å². The molecule has 168 valence electrons. The number of anilines is 2. The Morgan fingerprint density at radius 3 is 2.35 bits per heavy atom. The van der Waals surface area contributed by atoms with Crippen molar-refractivity contribution in [2.24, 2.45) is 0 Å². The highest BCUT2D eigenvalue weighted by Gasteiger charge is 2.23. The molecule has 0 unspecified atom stereocenters. The third kappa shape index (κ3) is 6.28. The first kappa shape index (κ1) is 23.7. The number of rotatable bonds is 7. The summed E-state index contributed by atoms with van der Waals surface area (Å²) in [5.41, 5.74) is 2.43. The monoisotopic (exact) mass is 483 g/mol. The summed E-state index contributed by atoms with van der Waals surface area (Å²) in [6, 6.07) is 12.9. The van der Waals surface area contributed by atoms with Crippen LogP contribution >= 0.6 is 23.2 Å². The molecule has 0 bridgehead atoms. The molecule has 0 aliphatic carbocycles. The molecule has 9 heteroatoms. The van der Waals surface area contributed by atoms with Crippen molar-refractivity contribution < 1.29 is 13.2 Å². The zero-order valence-corrected chi connectivity index (χ0v) is 20.1. The summed E-state index contributed by atoms with van der Waals surface area (Å²) in [7, 11) is -3.49. The lowest BCUT2D eigenvalue weighted by molar-refractivity contribution is -0.131. The summed E-state index contributed by atoms with van der Waals surface area (Å²) in [6.07, 6.45) is 1.90. The van der Waals surface area contributed by atoms with Gasteiger partial charge in [0.15, 0.2) is 0 Å². The van der Waals surface area contributed by atoms with E-state index in [0.717, 1.165) is 24.3 Å². The number of amides is 1. The van der Waals surface area contributed by atoms with Crippen LogP contribution in [0.4, 0.5) is 11.4 Å². The van der Waals surface area contributed by atoms with Gasteiger partial charge in [-0.15, -0.1) is 0 Å². The third-order valence-electron chi connectivity index (χ3n) is 5.40. The molecule has 1 aliphatic heterocycles. The summed E-state index contributed by atoms with van der Waals surface area (Å²) in [4.78, 5) is 16.7. The molecule has 0 aromatic heterocycles. The molecule has 31 heavy (non-hydrogen) atoms. The molecule has 1 fully saturated rings. The summed E-state index contributed by atoms with van der Waals surface area (Å²) in [5, 5.41) is 1.17. The van der Waals surface area contributed by atoms with Gasteiger partial charge in [0.1, 0.15) is 0 Å². The van der Waals surface area contributed by atoms with Gasteiger partial charge in [-0.1, -0.05) is 35.3 Å². The molecule has 6 nitrogen and oxygen atoms in total. The molecule has 1 saturated heterocycles. The van der Waals surface area contributed by atoms with Gasteiger partial charge in [-0.05, 0) is 49.2 Å². The first-order chi connectivity index (χ1) is 14.6. The molecule has 1 amide bonds. The van der Waals surface area contributed by atoms with Gasteiger partial charge in [-0.2, -0.15) is 0 Å². The standard InChI is InChI=1S/C22H27Cl2N3O3S/c1-17-8-9-19(24)16-21(17)27(31(2,29)30)10-4-7-22(28)26-13-11-25(12-14-26)20-6-3-5-18(23)15-20/h3,5-6,8-9,15-16H,4,7,10-14H2,1-2H3. The average Bonchev–Trinajstić information content (AvgIpc) is 2.72. The number of halogens is 2. The Balaban J connectivity index is 1.55. The first-order valence-corrected chi connectivity index (χ1v) is 12.8. The molecule has 2 aromatic rings. The van der Waals surface area contributed by atoms with Gasteiger partial charge in [-0.25, -0.2) is 8.42 Å². The number of piperazine rings is 1. The predicted molar refractivity (Wildman–Crippen MR) is 128 cm³/mol. The first-order valence-electron chi connectivity index (χ1n) is 10.2. The number of carbonyl (C=O) groups excluding carboxylic acids is 1. The molecular weight excluding hydrogens is 457 g/mol. The van der Waals surface area contributed by atoms with E-state index >= 15 is 0 Å².